The normalized spacial score (nSPS) is 19.5. The number of hydrogen-bond acceptors (Lipinski definition) is 1. The fraction of sp³-hybridized carbons (Fsp3) is 0.500. The van der Waals surface area contributed by atoms with Gasteiger partial charge in [-0.1, -0.05) is 30.5 Å². The van der Waals surface area contributed by atoms with Crippen LogP contribution in [0.5, 0.6) is 0 Å². The lowest BCUT2D eigenvalue weighted by atomic mass is 9.88. The van der Waals surface area contributed by atoms with Crippen molar-refractivity contribution in [3.05, 3.63) is 34.1 Å². The van der Waals surface area contributed by atoms with Crippen LogP contribution in [0.2, 0.25) is 5.02 Å². The van der Waals surface area contributed by atoms with E-state index in [1.807, 2.05) is 13.0 Å². The highest BCUT2D eigenvalue weighted by Crippen LogP contribution is 2.39. The van der Waals surface area contributed by atoms with E-state index in [4.69, 9.17) is 17.3 Å². The molecule has 0 aliphatic heterocycles. The maximum absolute atomic E-state index is 13.9. The third kappa shape index (κ3) is 1.88. The highest BCUT2D eigenvalue weighted by molar-refractivity contribution is 6.30. The fourth-order valence-corrected chi connectivity index (χ4v) is 2.64. The van der Waals surface area contributed by atoms with Crippen LogP contribution >= 0.6 is 11.6 Å². The summed E-state index contributed by atoms with van der Waals surface area (Å²) in [6.07, 6.45) is 3.84. The Bertz CT molecular complexity index is 383. The lowest BCUT2D eigenvalue weighted by molar-refractivity contribution is 0.433. The molecule has 3 heteroatoms. The molecule has 0 bridgehead atoms. The highest BCUT2D eigenvalue weighted by atomic mass is 35.5. The largest absolute Gasteiger partial charge is 0.321 e. The van der Waals surface area contributed by atoms with Crippen molar-refractivity contribution < 1.29 is 4.39 Å². The Labute approximate surface area is 94.4 Å². The zero-order valence-electron chi connectivity index (χ0n) is 8.82. The first-order valence-electron chi connectivity index (χ1n) is 5.28. The van der Waals surface area contributed by atoms with Crippen LogP contribution < -0.4 is 5.73 Å². The summed E-state index contributed by atoms with van der Waals surface area (Å²) in [6, 6.07) is 3.46. The van der Waals surface area contributed by atoms with E-state index in [0.29, 0.717) is 5.56 Å². The zero-order valence-corrected chi connectivity index (χ0v) is 9.57. The van der Waals surface area contributed by atoms with Gasteiger partial charge in [-0.15, -0.1) is 0 Å². The first kappa shape index (κ1) is 10.9. The van der Waals surface area contributed by atoms with E-state index in [-0.39, 0.29) is 10.8 Å². The van der Waals surface area contributed by atoms with Crippen molar-refractivity contribution in [2.24, 2.45) is 5.73 Å². The zero-order chi connectivity index (χ0) is 11.1. The molecule has 0 atom stereocenters. The molecule has 0 saturated heterocycles. The molecule has 1 aliphatic carbocycles. The molecule has 0 aromatic heterocycles. The molecule has 1 aromatic rings. The number of aryl methyl sites for hydroxylation is 1. The molecular weight excluding hydrogens is 213 g/mol. The summed E-state index contributed by atoms with van der Waals surface area (Å²) >= 11 is 5.83. The van der Waals surface area contributed by atoms with E-state index in [1.165, 1.54) is 0 Å². The molecule has 1 aromatic carbocycles. The van der Waals surface area contributed by atoms with Gasteiger partial charge in [-0.2, -0.15) is 0 Å². The van der Waals surface area contributed by atoms with Gasteiger partial charge in [0.05, 0.1) is 5.02 Å². The van der Waals surface area contributed by atoms with Crippen molar-refractivity contribution in [3.8, 4) is 0 Å². The maximum atomic E-state index is 13.9. The summed E-state index contributed by atoms with van der Waals surface area (Å²) in [5.74, 6) is -0.341. The summed E-state index contributed by atoms with van der Waals surface area (Å²) in [5, 5.41) is 0.182. The molecule has 2 N–H and O–H groups in total. The Hall–Kier alpha value is -0.600. The first-order valence-corrected chi connectivity index (χ1v) is 5.66. The maximum Gasteiger partial charge on any atom is 0.146 e. The lowest BCUT2D eigenvalue weighted by Crippen LogP contribution is -2.34. The molecule has 0 radical (unpaired) electrons. The monoisotopic (exact) mass is 227 g/mol. The fourth-order valence-electron chi connectivity index (χ4n) is 2.36. The van der Waals surface area contributed by atoms with Crippen LogP contribution in [0.4, 0.5) is 4.39 Å². The van der Waals surface area contributed by atoms with Gasteiger partial charge < -0.3 is 5.73 Å². The average molecular weight is 228 g/mol. The van der Waals surface area contributed by atoms with Gasteiger partial charge in [0.25, 0.3) is 0 Å². The molecule has 82 valence electrons. The second kappa shape index (κ2) is 3.76. The predicted molar refractivity (Wildman–Crippen MR) is 60.5 cm³/mol. The number of rotatable bonds is 1. The molecule has 1 aliphatic rings. The quantitative estimate of drug-likeness (QED) is 0.781. The van der Waals surface area contributed by atoms with Crippen molar-refractivity contribution in [1.29, 1.82) is 0 Å². The second-order valence-electron chi connectivity index (χ2n) is 4.47. The first-order chi connectivity index (χ1) is 7.03. The van der Waals surface area contributed by atoms with Gasteiger partial charge in [0.15, 0.2) is 0 Å². The van der Waals surface area contributed by atoms with Gasteiger partial charge in [0.1, 0.15) is 5.82 Å². The van der Waals surface area contributed by atoms with Gasteiger partial charge in [-0.25, -0.2) is 4.39 Å². The number of nitrogens with two attached hydrogens (primary N) is 1. The van der Waals surface area contributed by atoms with Crippen LogP contribution in [0.3, 0.4) is 0 Å². The minimum absolute atomic E-state index is 0.182. The van der Waals surface area contributed by atoms with Crippen molar-refractivity contribution in [3.63, 3.8) is 0 Å². The van der Waals surface area contributed by atoms with E-state index in [0.717, 1.165) is 31.2 Å². The van der Waals surface area contributed by atoms with Crippen molar-refractivity contribution in [2.75, 3.05) is 0 Å². The Morgan fingerprint density at radius 3 is 2.53 bits per heavy atom. The average Bonchev–Trinajstić information content (AvgIpc) is 2.59. The van der Waals surface area contributed by atoms with Gasteiger partial charge in [0.2, 0.25) is 0 Å². The van der Waals surface area contributed by atoms with Crippen LogP contribution in [-0.4, -0.2) is 0 Å². The van der Waals surface area contributed by atoms with Crippen molar-refractivity contribution >= 4 is 11.6 Å². The van der Waals surface area contributed by atoms with Crippen LogP contribution in [0.25, 0.3) is 0 Å². The molecule has 0 heterocycles. The van der Waals surface area contributed by atoms with Gasteiger partial charge in [-0.3, -0.25) is 0 Å². The second-order valence-corrected chi connectivity index (χ2v) is 4.88. The number of halogens is 2. The summed E-state index contributed by atoms with van der Waals surface area (Å²) < 4.78 is 13.9. The standard InChI is InChI=1S/C12H15ClFN/c1-8-6-9(11(14)10(13)7-8)12(15)4-2-3-5-12/h6-7H,2-5,15H2,1H3. The third-order valence-electron chi connectivity index (χ3n) is 3.20. The number of hydrogen-bond donors (Lipinski definition) is 1. The highest BCUT2D eigenvalue weighted by Gasteiger charge is 2.34. The van der Waals surface area contributed by atoms with Gasteiger partial charge in [-0.05, 0) is 31.4 Å². The Balaban J connectivity index is 2.51. The molecule has 0 unspecified atom stereocenters. The lowest BCUT2D eigenvalue weighted by Gasteiger charge is -2.25. The summed E-state index contributed by atoms with van der Waals surface area (Å²) in [4.78, 5) is 0. The van der Waals surface area contributed by atoms with E-state index in [2.05, 4.69) is 0 Å². The van der Waals surface area contributed by atoms with Crippen molar-refractivity contribution in [1.82, 2.24) is 0 Å². The molecular formula is C12H15ClFN. The molecule has 1 fully saturated rings. The third-order valence-corrected chi connectivity index (χ3v) is 3.48. The minimum Gasteiger partial charge on any atom is -0.321 e. The molecule has 1 nitrogen and oxygen atoms in total. The van der Waals surface area contributed by atoms with Crippen molar-refractivity contribution in [2.45, 2.75) is 38.1 Å². The topological polar surface area (TPSA) is 26.0 Å². The van der Waals surface area contributed by atoms with E-state index in [9.17, 15) is 4.39 Å². The Kier molecular flexibility index (Phi) is 2.73. The Morgan fingerprint density at radius 2 is 1.93 bits per heavy atom. The van der Waals surface area contributed by atoms with Crippen LogP contribution in [-0.2, 0) is 5.54 Å². The SMILES string of the molecule is Cc1cc(Cl)c(F)c(C2(N)CCCC2)c1. The van der Waals surface area contributed by atoms with E-state index < -0.39 is 5.54 Å². The van der Waals surface area contributed by atoms with Crippen LogP contribution in [0.1, 0.15) is 36.8 Å². The molecule has 0 amide bonds. The molecule has 1 saturated carbocycles. The van der Waals surface area contributed by atoms with Gasteiger partial charge in [0, 0.05) is 11.1 Å². The predicted octanol–water partition coefficient (Wildman–Crippen LogP) is 3.52. The summed E-state index contributed by atoms with van der Waals surface area (Å²) in [7, 11) is 0. The smallest absolute Gasteiger partial charge is 0.146 e. The number of benzene rings is 1. The molecule has 0 spiro atoms. The molecule has 15 heavy (non-hydrogen) atoms. The molecule has 2 rings (SSSR count). The van der Waals surface area contributed by atoms with E-state index in [1.54, 1.807) is 6.07 Å². The summed E-state index contributed by atoms with van der Waals surface area (Å²) in [5.41, 5.74) is 7.27. The van der Waals surface area contributed by atoms with Crippen LogP contribution in [0.15, 0.2) is 12.1 Å². The van der Waals surface area contributed by atoms with Gasteiger partial charge >= 0.3 is 0 Å². The van der Waals surface area contributed by atoms with E-state index >= 15 is 0 Å². The Morgan fingerprint density at radius 1 is 1.33 bits per heavy atom. The minimum atomic E-state index is -0.500. The summed E-state index contributed by atoms with van der Waals surface area (Å²) in [6.45, 7) is 1.91. The van der Waals surface area contributed by atoms with Crippen LogP contribution in [0, 0.1) is 12.7 Å².